The molecule has 2 aromatic carbocycles. The first-order valence-corrected chi connectivity index (χ1v) is 9.53. The molecule has 0 aliphatic carbocycles. The minimum Gasteiger partial charge on any atom is -0.311 e. The van der Waals surface area contributed by atoms with Crippen molar-refractivity contribution in [1.29, 1.82) is 0 Å². The number of nitrogens with zero attached hydrogens (tertiary/aromatic N) is 1. The minimum atomic E-state index is -4.36. The number of amides is 1. The predicted molar refractivity (Wildman–Crippen MR) is 93.4 cm³/mol. The van der Waals surface area contributed by atoms with Gasteiger partial charge < -0.3 is 4.90 Å². The Morgan fingerprint density at radius 3 is 2.50 bits per heavy atom. The normalized spacial score (nSPS) is 17.8. The van der Waals surface area contributed by atoms with Gasteiger partial charge >= 0.3 is 0 Å². The van der Waals surface area contributed by atoms with Gasteiger partial charge in [-0.1, -0.05) is 6.07 Å². The molecule has 0 unspecified atom stereocenters. The van der Waals surface area contributed by atoms with Crippen molar-refractivity contribution in [2.24, 2.45) is 0 Å². The van der Waals surface area contributed by atoms with E-state index in [2.05, 4.69) is 4.72 Å². The summed E-state index contributed by atoms with van der Waals surface area (Å²) in [6.07, 6.45) is 0.238. The number of carbonyl (C=O) groups is 1. The highest BCUT2D eigenvalue weighted by Gasteiger charge is 2.36. The molecular formula is C18H18F2N2O3S. The summed E-state index contributed by atoms with van der Waals surface area (Å²) in [4.78, 5) is 13.3. The molecule has 0 bridgehead atoms. The number of hydrogen-bond donors (Lipinski definition) is 1. The third kappa shape index (κ3) is 3.47. The fraction of sp³-hybridized carbons (Fsp3) is 0.278. The maximum absolute atomic E-state index is 13.8. The SMILES string of the molecule is Cc1ccc(N2CC[C@H](NS(=O)(=O)c3cc(F)ccc3F)C2=O)cc1C. The zero-order valence-electron chi connectivity index (χ0n) is 14.3. The summed E-state index contributed by atoms with van der Waals surface area (Å²) in [6, 6.07) is 6.68. The van der Waals surface area contributed by atoms with Crippen LogP contribution in [0.3, 0.4) is 0 Å². The average Bonchev–Trinajstić information content (AvgIpc) is 2.92. The number of carbonyl (C=O) groups excluding carboxylic acids is 1. The second kappa shape index (κ2) is 6.77. The summed E-state index contributed by atoms with van der Waals surface area (Å²) >= 11 is 0. The minimum absolute atomic E-state index is 0.238. The van der Waals surface area contributed by atoms with Crippen molar-refractivity contribution in [3.8, 4) is 0 Å². The topological polar surface area (TPSA) is 66.5 Å². The third-order valence-corrected chi connectivity index (χ3v) is 5.97. The zero-order valence-corrected chi connectivity index (χ0v) is 15.1. The Hall–Kier alpha value is -2.32. The lowest BCUT2D eigenvalue weighted by atomic mass is 10.1. The molecule has 1 N–H and O–H groups in total. The summed E-state index contributed by atoms with van der Waals surface area (Å²) in [6.45, 7) is 4.21. The van der Waals surface area contributed by atoms with Crippen LogP contribution in [-0.2, 0) is 14.8 Å². The number of anilines is 1. The van der Waals surface area contributed by atoms with Gasteiger partial charge in [0.1, 0.15) is 22.6 Å². The number of aryl methyl sites for hydroxylation is 2. The Morgan fingerprint density at radius 2 is 1.81 bits per heavy atom. The third-order valence-electron chi connectivity index (χ3n) is 4.49. The average molecular weight is 380 g/mol. The van der Waals surface area contributed by atoms with Crippen LogP contribution in [0.25, 0.3) is 0 Å². The lowest BCUT2D eigenvalue weighted by Crippen LogP contribution is -2.41. The summed E-state index contributed by atoms with van der Waals surface area (Å²) < 4.78 is 54.0. The van der Waals surface area contributed by atoms with E-state index in [4.69, 9.17) is 0 Å². The number of sulfonamides is 1. The van der Waals surface area contributed by atoms with Gasteiger partial charge in [-0.15, -0.1) is 0 Å². The molecule has 1 fully saturated rings. The van der Waals surface area contributed by atoms with Crippen molar-refractivity contribution in [3.05, 3.63) is 59.2 Å². The number of halogens is 2. The van der Waals surface area contributed by atoms with Gasteiger partial charge in [0.25, 0.3) is 0 Å². The van der Waals surface area contributed by atoms with Crippen LogP contribution in [0.1, 0.15) is 17.5 Å². The van der Waals surface area contributed by atoms with Crippen molar-refractivity contribution in [2.75, 3.05) is 11.4 Å². The fourth-order valence-corrected chi connectivity index (χ4v) is 4.19. The van der Waals surface area contributed by atoms with Gasteiger partial charge in [-0.05, 0) is 61.7 Å². The van der Waals surface area contributed by atoms with Crippen molar-refractivity contribution in [2.45, 2.75) is 31.2 Å². The van der Waals surface area contributed by atoms with E-state index in [1.54, 1.807) is 6.07 Å². The first kappa shape index (κ1) is 18.5. The smallest absolute Gasteiger partial charge is 0.245 e. The van der Waals surface area contributed by atoms with Gasteiger partial charge in [0.2, 0.25) is 15.9 Å². The lowest BCUT2D eigenvalue weighted by molar-refractivity contribution is -0.118. The van der Waals surface area contributed by atoms with E-state index in [9.17, 15) is 22.0 Å². The molecule has 2 aromatic rings. The highest BCUT2D eigenvalue weighted by Crippen LogP contribution is 2.25. The molecule has 0 saturated carbocycles. The molecule has 5 nitrogen and oxygen atoms in total. The van der Waals surface area contributed by atoms with Crippen LogP contribution in [0.5, 0.6) is 0 Å². The second-order valence-corrected chi connectivity index (χ2v) is 7.98. The number of hydrogen-bond acceptors (Lipinski definition) is 3. The first-order chi connectivity index (χ1) is 12.2. The van der Waals surface area contributed by atoms with Gasteiger partial charge in [0.15, 0.2) is 0 Å². The van der Waals surface area contributed by atoms with Crippen LogP contribution in [0, 0.1) is 25.5 Å². The van der Waals surface area contributed by atoms with Crippen LogP contribution in [0.4, 0.5) is 14.5 Å². The van der Waals surface area contributed by atoms with Gasteiger partial charge in [0, 0.05) is 12.2 Å². The van der Waals surface area contributed by atoms with Gasteiger partial charge in [-0.25, -0.2) is 17.2 Å². The highest BCUT2D eigenvalue weighted by molar-refractivity contribution is 7.89. The van der Waals surface area contributed by atoms with Crippen molar-refractivity contribution in [1.82, 2.24) is 4.72 Å². The number of nitrogens with one attached hydrogen (secondary N) is 1. The monoisotopic (exact) mass is 380 g/mol. The number of benzene rings is 2. The Bertz CT molecular complexity index is 976. The fourth-order valence-electron chi connectivity index (χ4n) is 2.87. The summed E-state index contributed by atoms with van der Waals surface area (Å²) in [7, 11) is -4.36. The summed E-state index contributed by atoms with van der Waals surface area (Å²) in [5, 5.41) is 0. The molecule has 1 amide bonds. The van der Waals surface area contributed by atoms with Crippen molar-refractivity contribution < 1.29 is 22.0 Å². The molecule has 138 valence electrons. The second-order valence-electron chi connectivity index (χ2n) is 6.30. The van der Waals surface area contributed by atoms with E-state index >= 15 is 0 Å². The van der Waals surface area contributed by atoms with Gasteiger partial charge in [-0.2, -0.15) is 4.72 Å². The van der Waals surface area contributed by atoms with Gasteiger partial charge in [-0.3, -0.25) is 4.79 Å². The molecule has 1 aliphatic rings. The Kier molecular flexibility index (Phi) is 4.81. The van der Waals surface area contributed by atoms with Crippen LogP contribution in [0.2, 0.25) is 0 Å². The van der Waals surface area contributed by atoms with E-state index in [1.165, 1.54) is 4.90 Å². The van der Waals surface area contributed by atoms with Crippen molar-refractivity contribution >= 4 is 21.6 Å². The summed E-state index contributed by atoms with van der Waals surface area (Å²) in [5.41, 5.74) is 2.78. The van der Waals surface area contributed by atoms with E-state index in [0.29, 0.717) is 18.3 Å². The Morgan fingerprint density at radius 1 is 1.08 bits per heavy atom. The first-order valence-electron chi connectivity index (χ1n) is 8.05. The molecule has 1 heterocycles. The van der Waals surface area contributed by atoms with Gasteiger partial charge in [0.05, 0.1) is 0 Å². The predicted octanol–water partition coefficient (Wildman–Crippen LogP) is 2.67. The largest absolute Gasteiger partial charge is 0.311 e. The Labute approximate surface area is 150 Å². The quantitative estimate of drug-likeness (QED) is 0.887. The van der Waals surface area contributed by atoms with Crippen LogP contribution in [0.15, 0.2) is 41.3 Å². The molecular weight excluding hydrogens is 362 g/mol. The molecule has 0 radical (unpaired) electrons. The Balaban J connectivity index is 1.82. The lowest BCUT2D eigenvalue weighted by Gasteiger charge is -2.18. The van der Waals surface area contributed by atoms with Crippen molar-refractivity contribution in [3.63, 3.8) is 0 Å². The number of rotatable bonds is 4. The molecule has 1 atom stereocenters. The maximum atomic E-state index is 13.8. The molecule has 0 aromatic heterocycles. The van der Waals surface area contributed by atoms with E-state index in [0.717, 1.165) is 23.3 Å². The molecule has 1 saturated heterocycles. The molecule has 1 aliphatic heterocycles. The van der Waals surface area contributed by atoms with E-state index < -0.39 is 38.5 Å². The molecule has 3 rings (SSSR count). The zero-order chi connectivity index (χ0) is 19.1. The molecule has 26 heavy (non-hydrogen) atoms. The molecule has 8 heteroatoms. The maximum Gasteiger partial charge on any atom is 0.245 e. The molecule has 0 spiro atoms. The highest BCUT2D eigenvalue weighted by atomic mass is 32.2. The van der Waals surface area contributed by atoms with E-state index in [1.807, 2.05) is 26.0 Å². The standard InChI is InChI=1S/C18H18F2N2O3S/c1-11-3-5-14(9-12(11)2)22-8-7-16(18(22)23)21-26(24,25)17-10-13(19)4-6-15(17)20/h3-6,9-10,16,21H,7-8H2,1-2H3/t16-/m0/s1. The van der Waals surface area contributed by atoms with Crippen LogP contribution < -0.4 is 9.62 Å². The van der Waals surface area contributed by atoms with Crippen LogP contribution >= 0.6 is 0 Å². The van der Waals surface area contributed by atoms with Crippen LogP contribution in [-0.4, -0.2) is 26.9 Å². The summed E-state index contributed by atoms with van der Waals surface area (Å²) in [5.74, 6) is -2.37. The van der Waals surface area contributed by atoms with E-state index in [-0.39, 0.29) is 6.42 Å².